The summed E-state index contributed by atoms with van der Waals surface area (Å²) in [5.74, 6) is -0.111. The van der Waals surface area contributed by atoms with E-state index >= 15 is 0 Å². The lowest BCUT2D eigenvalue weighted by Gasteiger charge is -2.12. The molecule has 4 rings (SSSR count). The number of nitrogens with one attached hydrogen (secondary N) is 2. The van der Waals surface area contributed by atoms with E-state index in [1.807, 2.05) is 24.3 Å². The number of carbonyl (C=O) groups is 1. The molecule has 1 aliphatic rings. The van der Waals surface area contributed by atoms with Crippen molar-refractivity contribution in [3.05, 3.63) is 70.4 Å². The number of hydrogen-bond acceptors (Lipinski definition) is 4. The zero-order chi connectivity index (χ0) is 16.5. The molecule has 0 saturated heterocycles. The van der Waals surface area contributed by atoms with Gasteiger partial charge in [0.2, 0.25) is 11.9 Å². The second kappa shape index (κ2) is 5.77. The zero-order valence-electron chi connectivity index (χ0n) is 12.8. The first-order valence-corrected chi connectivity index (χ1v) is 7.70. The molecule has 0 fully saturated rings. The molecule has 7 nitrogen and oxygen atoms in total. The average Bonchev–Trinajstić information content (AvgIpc) is 3.26. The topological polar surface area (TPSA) is 92.7 Å². The van der Waals surface area contributed by atoms with Gasteiger partial charge in [0.1, 0.15) is 5.69 Å². The van der Waals surface area contributed by atoms with Crippen LogP contribution >= 0.6 is 0 Å². The number of amides is 1. The highest BCUT2D eigenvalue weighted by Gasteiger charge is 2.28. The fourth-order valence-corrected chi connectivity index (χ4v) is 3.03. The Morgan fingerprint density at radius 3 is 2.96 bits per heavy atom. The summed E-state index contributed by atoms with van der Waals surface area (Å²) in [6.45, 7) is 0. The quantitative estimate of drug-likeness (QED) is 0.767. The summed E-state index contributed by atoms with van der Waals surface area (Å²) in [6, 6.07) is 9.64. The standard InChI is InChI=1S/C17H15N5O2/c23-15(13-7-6-11-4-1-2-5-12(11)13)20-14-10-18-17(21-16(14)24)22-9-3-8-19-22/h1-5,8-10,13H,6-7H2,(H,20,23)(H,18,21,24). The van der Waals surface area contributed by atoms with Gasteiger partial charge in [-0.2, -0.15) is 5.10 Å². The summed E-state index contributed by atoms with van der Waals surface area (Å²) in [4.78, 5) is 31.5. The fraction of sp³-hybridized carbons (Fsp3) is 0.176. The normalized spacial score (nSPS) is 15.9. The molecule has 1 atom stereocenters. The van der Waals surface area contributed by atoms with E-state index in [0.717, 1.165) is 18.4 Å². The number of aromatic nitrogens is 4. The van der Waals surface area contributed by atoms with Gasteiger partial charge in [0.15, 0.2) is 0 Å². The van der Waals surface area contributed by atoms with Crippen LogP contribution in [0, 0.1) is 0 Å². The van der Waals surface area contributed by atoms with Crippen molar-refractivity contribution in [3.8, 4) is 5.95 Å². The number of anilines is 1. The second-order valence-electron chi connectivity index (χ2n) is 5.68. The van der Waals surface area contributed by atoms with Crippen molar-refractivity contribution in [1.82, 2.24) is 19.7 Å². The first-order valence-electron chi connectivity index (χ1n) is 7.70. The third-order valence-electron chi connectivity index (χ3n) is 4.21. The number of aromatic amines is 1. The van der Waals surface area contributed by atoms with Gasteiger partial charge in [0.05, 0.1) is 12.1 Å². The molecule has 0 aliphatic heterocycles. The molecule has 120 valence electrons. The van der Waals surface area contributed by atoms with Crippen molar-refractivity contribution in [1.29, 1.82) is 0 Å². The number of carbonyl (C=O) groups excluding carboxylic acids is 1. The van der Waals surface area contributed by atoms with E-state index in [2.05, 4.69) is 20.4 Å². The van der Waals surface area contributed by atoms with Crippen LogP contribution in [0.5, 0.6) is 0 Å². The third-order valence-corrected chi connectivity index (χ3v) is 4.21. The molecular weight excluding hydrogens is 306 g/mol. The number of aryl methyl sites for hydroxylation is 1. The predicted octanol–water partition coefficient (Wildman–Crippen LogP) is 1.62. The van der Waals surface area contributed by atoms with Crippen LogP contribution in [0.1, 0.15) is 23.5 Å². The van der Waals surface area contributed by atoms with E-state index in [0.29, 0.717) is 5.95 Å². The van der Waals surface area contributed by atoms with Crippen LogP contribution in [-0.4, -0.2) is 25.7 Å². The average molecular weight is 321 g/mol. The van der Waals surface area contributed by atoms with Crippen LogP contribution in [0.15, 0.2) is 53.7 Å². The largest absolute Gasteiger partial charge is 0.320 e. The Morgan fingerprint density at radius 2 is 2.17 bits per heavy atom. The van der Waals surface area contributed by atoms with E-state index in [9.17, 15) is 9.59 Å². The van der Waals surface area contributed by atoms with E-state index in [1.165, 1.54) is 16.4 Å². The maximum absolute atomic E-state index is 12.5. The first-order chi connectivity index (χ1) is 11.7. The summed E-state index contributed by atoms with van der Waals surface area (Å²) in [6.07, 6.45) is 6.25. The molecule has 1 aromatic carbocycles. The fourth-order valence-electron chi connectivity index (χ4n) is 3.03. The predicted molar refractivity (Wildman–Crippen MR) is 88.1 cm³/mol. The smallest absolute Gasteiger partial charge is 0.276 e. The molecule has 0 bridgehead atoms. The third kappa shape index (κ3) is 2.50. The summed E-state index contributed by atoms with van der Waals surface area (Å²) in [5, 5.41) is 6.69. The molecule has 1 amide bonds. The molecule has 7 heteroatoms. The Labute approximate surface area is 137 Å². The van der Waals surface area contributed by atoms with Gasteiger partial charge >= 0.3 is 0 Å². The molecule has 0 radical (unpaired) electrons. The van der Waals surface area contributed by atoms with Crippen LogP contribution in [0.4, 0.5) is 5.69 Å². The maximum Gasteiger partial charge on any atom is 0.276 e. The Kier molecular flexibility index (Phi) is 3.45. The van der Waals surface area contributed by atoms with Crippen molar-refractivity contribution in [2.75, 3.05) is 5.32 Å². The molecule has 2 aromatic heterocycles. The van der Waals surface area contributed by atoms with Crippen LogP contribution in [-0.2, 0) is 11.2 Å². The minimum Gasteiger partial charge on any atom is -0.320 e. The van der Waals surface area contributed by atoms with Crippen LogP contribution < -0.4 is 10.9 Å². The molecular formula is C17H15N5O2. The number of nitrogens with zero attached hydrogens (tertiary/aromatic N) is 3. The number of fused-ring (bicyclic) bond motifs is 1. The number of benzene rings is 1. The van der Waals surface area contributed by atoms with E-state index in [-0.39, 0.29) is 17.5 Å². The Hall–Kier alpha value is -3.22. The highest BCUT2D eigenvalue weighted by atomic mass is 16.2. The Morgan fingerprint density at radius 1 is 1.29 bits per heavy atom. The second-order valence-corrected chi connectivity index (χ2v) is 5.68. The molecule has 1 aliphatic carbocycles. The Bertz CT molecular complexity index is 946. The van der Waals surface area contributed by atoms with Gasteiger partial charge in [-0.15, -0.1) is 0 Å². The molecule has 24 heavy (non-hydrogen) atoms. The van der Waals surface area contributed by atoms with Gasteiger partial charge in [-0.1, -0.05) is 24.3 Å². The summed E-state index contributed by atoms with van der Waals surface area (Å²) in [7, 11) is 0. The van der Waals surface area contributed by atoms with E-state index in [1.54, 1.807) is 18.5 Å². The molecule has 2 heterocycles. The van der Waals surface area contributed by atoms with Gasteiger partial charge in [-0.05, 0) is 30.0 Å². The summed E-state index contributed by atoms with van der Waals surface area (Å²) >= 11 is 0. The van der Waals surface area contributed by atoms with Crippen molar-refractivity contribution in [2.24, 2.45) is 0 Å². The minimum atomic E-state index is -0.407. The molecule has 2 N–H and O–H groups in total. The molecule has 0 saturated carbocycles. The van der Waals surface area contributed by atoms with Gasteiger partial charge in [0.25, 0.3) is 5.56 Å². The lowest BCUT2D eigenvalue weighted by molar-refractivity contribution is -0.117. The molecule has 0 spiro atoms. The monoisotopic (exact) mass is 321 g/mol. The highest BCUT2D eigenvalue weighted by Crippen LogP contribution is 2.33. The SMILES string of the molecule is O=C(Nc1cnc(-n2cccn2)[nH]c1=O)C1CCc2ccccc21. The van der Waals surface area contributed by atoms with Crippen LogP contribution in [0.2, 0.25) is 0 Å². The maximum atomic E-state index is 12.5. The van der Waals surface area contributed by atoms with Crippen LogP contribution in [0.3, 0.4) is 0 Å². The number of H-pyrrole nitrogens is 1. The Balaban J connectivity index is 1.56. The van der Waals surface area contributed by atoms with Gasteiger partial charge in [0, 0.05) is 12.4 Å². The van der Waals surface area contributed by atoms with E-state index < -0.39 is 5.56 Å². The van der Waals surface area contributed by atoms with Crippen molar-refractivity contribution in [2.45, 2.75) is 18.8 Å². The molecule has 3 aromatic rings. The number of rotatable bonds is 3. The summed E-state index contributed by atoms with van der Waals surface area (Å²) in [5.41, 5.74) is 1.96. The molecule has 1 unspecified atom stereocenters. The van der Waals surface area contributed by atoms with Crippen molar-refractivity contribution in [3.63, 3.8) is 0 Å². The van der Waals surface area contributed by atoms with Gasteiger partial charge in [-0.3, -0.25) is 14.6 Å². The van der Waals surface area contributed by atoms with Crippen LogP contribution in [0.25, 0.3) is 5.95 Å². The highest BCUT2D eigenvalue weighted by molar-refractivity contribution is 5.96. The lowest BCUT2D eigenvalue weighted by Crippen LogP contribution is -2.25. The summed E-state index contributed by atoms with van der Waals surface area (Å²) < 4.78 is 1.44. The van der Waals surface area contributed by atoms with Gasteiger partial charge < -0.3 is 5.32 Å². The minimum absolute atomic E-state index is 0.139. The first kappa shape index (κ1) is 14.4. The number of hydrogen-bond donors (Lipinski definition) is 2. The van der Waals surface area contributed by atoms with E-state index in [4.69, 9.17) is 0 Å². The van der Waals surface area contributed by atoms with Crippen molar-refractivity contribution < 1.29 is 4.79 Å². The van der Waals surface area contributed by atoms with Crippen molar-refractivity contribution >= 4 is 11.6 Å². The zero-order valence-corrected chi connectivity index (χ0v) is 12.8. The van der Waals surface area contributed by atoms with Gasteiger partial charge in [-0.25, -0.2) is 9.67 Å². The lowest BCUT2D eigenvalue weighted by atomic mass is 10.0.